The predicted octanol–water partition coefficient (Wildman–Crippen LogP) is 0.830. The lowest BCUT2D eigenvalue weighted by Crippen LogP contribution is -2.38. The lowest BCUT2D eigenvalue weighted by molar-refractivity contribution is 0.0247. The molecule has 0 fully saturated rings. The van der Waals surface area contributed by atoms with Crippen LogP contribution in [0.25, 0.3) is 0 Å². The van der Waals surface area contributed by atoms with Crippen molar-refractivity contribution in [3.05, 3.63) is 29.6 Å². The van der Waals surface area contributed by atoms with E-state index in [0.717, 1.165) is 5.56 Å². The van der Waals surface area contributed by atoms with E-state index in [4.69, 9.17) is 10.00 Å². The molecule has 0 spiro atoms. The van der Waals surface area contributed by atoms with Gasteiger partial charge in [0.05, 0.1) is 5.60 Å². The van der Waals surface area contributed by atoms with Gasteiger partial charge in [0.2, 0.25) is 0 Å². The Morgan fingerprint density at radius 1 is 1.61 bits per heavy atom. The second-order valence-corrected chi connectivity index (χ2v) is 4.50. The molecule has 0 aliphatic heterocycles. The van der Waals surface area contributed by atoms with Crippen LogP contribution in [-0.4, -0.2) is 36.0 Å². The van der Waals surface area contributed by atoms with Gasteiger partial charge in [-0.2, -0.15) is 5.26 Å². The maximum Gasteiger partial charge on any atom is 0.140 e. The van der Waals surface area contributed by atoms with E-state index in [9.17, 15) is 5.11 Å². The fourth-order valence-corrected chi connectivity index (χ4v) is 1.53. The van der Waals surface area contributed by atoms with Gasteiger partial charge in [-0.05, 0) is 24.6 Å². The zero-order valence-corrected chi connectivity index (χ0v) is 10.8. The molecule has 1 aromatic heterocycles. The normalized spacial score (nSPS) is 13.9. The molecule has 0 radical (unpaired) electrons. The number of methoxy groups -OCH3 is 1. The molecule has 0 bridgehead atoms. The molecule has 0 amide bonds. The van der Waals surface area contributed by atoms with E-state index in [0.29, 0.717) is 31.8 Å². The first-order valence-electron chi connectivity index (χ1n) is 5.84. The van der Waals surface area contributed by atoms with E-state index >= 15 is 0 Å². The number of nitrogens with one attached hydrogen (secondary N) is 1. The number of nitriles is 1. The molecular formula is C13H19N3O2. The Morgan fingerprint density at radius 2 is 2.39 bits per heavy atom. The molecule has 1 rings (SSSR count). The van der Waals surface area contributed by atoms with Gasteiger partial charge >= 0.3 is 0 Å². The summed E-state index contributed by atoms with van der Waals surface area (Å²) in [4.78, 5) is 3.90. The average molecular weight is 249 g/mol. The molecule has 0 saturated heterocycles. The van der Waals surface area contributed by atoms with Crippen LogP contribution in [0, 0.1) is 11.3 Å². The molecule has 5 heteroatoms. The van der Waals surface area contributed by atoms with Crippen molar-refractivity contribution in [2.45, 2.75) is 25.5 Å². The second kappa shape index (κ2) is 7.07. The van der Waals surface area contributed by atoms with Crippen molar-refractivity contribution in [3.8, 4) is 6.07 Å². The van der Waals surface area contributed by atoms with Crippen molar-refractivity contribution in [1.82, 2.24) is 10.3 Å². The van der Waals surface area contributed by atoms with Gasteiger partial charge in [-0.3, -0.25) is 0 Å². The number of pyridine rings is 1. The number of aliphatic hydroxyl groups is 1. The zero-order valence-electron chi connectivity index (χ0n) is 10.8. The molecule has 0 aliphatic rings. The lowest BCUT2D eigenvalue weighted by atomic mass is 10.0. The molecule has 0 aromatic carbocycles. The first-order valence-corrected chi connectivity index (χ1v) is 5.84. The standard InChI is InChI=1S/C13H19N3O2/c1-13(17,4-6-18-2)10-15-9-11-3-5-16-12(7-11)8-14/h3,5,7,15,17H,4,6,9-10H2,1-2H3. The number of ether oxygens (including phenoxy) is 1. The quantitative estimate of drug-likeness (QED) is 0.748. The minimum atomic E-state index is -0.791. The number of hydrogen-bond donors (Lipinski definition) is 2. The van der Waals surface area contributed by atoms with Crippen molar-refractivity contribution in [2.75, 3.05) is 20.3 Å². The Bertz CT molecular complexity index is 413. The van der Waals surface area contributed by atoms with E-state index in [1.165, 1.54) is 0 Å². The highest BCUT2D eigenvalue weighted by Crippen LogP contribution is 2.08. The van der Waals surface area contributed by atoms with Gasteiger partial charge in [0.1, 0.15) is 11.8 Å². The van der Waals surface area contributed by atoms with E-state index in [1.54, 1.807) is 26.3 Å². The summed E-state index contributed by atoms with van der Waals surface area (Å²) in [5, 5.41) is 21.9. The number of nitrogens with zero attached hydrogens (tertiary/aromatic N) is 2. The summed E-state index contributed by atoms with van der Waals surface area (Å²) in [6, 6.07) is 5.58. The van der Waals surface area contributed by atoms with Crippen LogP contribution in [0.2, 0.25) is 0 Å². The first kappa shape index (κ1) is 14.6. The fraction of sp³-hybridized carbons (Fsp3) is 0.538. The van der Waals surface area contributed by atoms with Gasteiger partial charge in [-0.25, -0.2) is 4.98 Å². The van der Waals surface area contributed by atoms with Crippen molar-refractivity contribution in [2.24, 2.45) is 0 Å². The Morgan fingerprint density at radius 3 is 3.06 bits per heavy atom. The highest BCUT2D eigenvalue weighted by molar-refractivity contribution is 5.25. The molecule has 18 heavy (non-hydrogen) atoms. The third-order valence-electron chi connectivity index (χ3n) is 2.62. The van der Waals surface area contributed by atoms with Crippen molar-refractivity contribution >= 4 is 0 Å². The molecule has 1 unspecified atom stereocenters. The van der Waals surface area contributed by atoms with Crippen LogP contribution in [-0.2, 0) is 11.3 Å². The Kier molecular flexibility index (Phi) is 5.72. The summed E-state index contributed by atoms with van der Waals surface area (Å²) in [7, 11) is 1.61. The van der Waals surface area contributed by atoms with Gasteiger partial charge in [-0.15, -0.1) is 0 Å². The minimum absolute atomic E-state index is 0.403. The molecule has 2 N–H and O–H groups in total. The van der Waals surface area contributed by atoms with E-state index in [-0.39, 0.29) is 0 Å². The highest BCUT2D eigenvalue weighted by Gasteiger charge is 2.19. The van der Waals surface area contributed by atoms with E-state index in [1.807, 2.05) is 12.1 Å². The maximum atomic E-state index is 10.0. The Balaban J connectivity index is 2.39. The Hall–Kier alpha value is -1.48. The second-order valence-electron chi connectivity index (χ2n) is 4.50. The van der Waals surface area contributed by atoms with Gasteiger partial charge in [0.25, 0.3) is 0 Å². The third-order valence-corrected chi connectivity index (χ3v) is 2.62. The number of aromatic nitrogens is 1. The van der Waals surface area contributed by atoms with Crippen LogP contribution >= 0.6 is 0 Å². The van der Waals surface area contributed by atoms with Crippen molar-refractivity contribution in [1.29, 1.82) is 5.26 Å². The molecule has 5 nitrogen and oxygen atoms in total. The maximum absolute atomic E-state index is 10.0. The fourth-order valence-electron chi connectivity index (χ4n) is 1.53. The summed E-state index contributed by atoms with van der Waals surface area (Å²) < 4.78 is 4.94. The van der Waals surface area contributed by atoms with Gasteiger partial charge in [0, 0.05) is 39.4 Å². The summed E-state index contributed by atoms with van der Waals surface area (Å²) >= 11 is 0. The molecule has 1 aromatic rings. The van der Waals surface area contributed by atoms with Crippen LogP contribution < -0.4 is 5.32 Å². The van der Waals surface area contributed by atoms with Crippen LogP contribution in [0.4, 0.5) is 0 Å². The van der Waals surface area contributed by atoms with Crippen LogP contribution in [0.5, 0.6) is 0 Å². The summed E-state index contributed by atoms with van der Waals surface area (Å²) in [6.07, 6.45) is 2.19. The molecule has 98 valence electrons. The van der Waals surface area contributed by atoms with Crippen molar-refractivity contribution in [3.63, 3.8) is 0 Å². The SMILES string of the molecule is COCCC(C)(O)CNCc1ccnc(C#N)c1. The van der Waals surface area contributed by atoms with E-state index < -0.39 is 5.60 Å². The number of rotatable bonds is 7. The summed E-state index contributed by atoms with van der Waals surface area (Å²) in [5.74, 6) is 0. The molecule has 1 atom stereocenters. The summed E-state index contributed by atoms with van der Waals surface area (Å²) in [5.41, 5.74) is 0.589. The largest absolute Gasteiger partial charge is 0.389 e. The highest BCUT2D eigenvalue weighted by atomic mass is 16.5. The van der Waals surface area contributed by atoms with Crippen LogP contribution in [0.1, 0.15) is 24.6 Å². The van der Waals surface area contributed by atoms with E-state index in [2.05, 4.69) is 10.3 Å². The minimum Gasteiger partial charge on any atom is -0.389 e. The Labute approximate surface area is 107 Å². The van der Waals surface area contributed by atoms with Gasteiger partial charge in [0.15, 0.2) is 0 Å². The number of hydrogen-bond acceptors (Lipinski definition) is 5. The van der Waals surface area contributed by atoms with Crippen LogP contribution in [0.15, 0.2) is 18.3 Å². The topological polar surface area (TPSA) is 78.2 Å². The molecule has 0 aliphatic carbocycles. The molecule has 1 heterocycles. The smallest absolute Gasteiger partial charge is 0.140 e. The molecule has 0 saturated carbocycles. The van der Waals surface area contributed by atoms with Gasteiger partial charge < -0.3 is 15.2 Å². The first-order chi connectivity index (χ1) is 8.57. The lowest BCUT2D eigenvalue weighted by Gasteiger charge is -2.23. The monoisotopic (exact) mass is 249 g/mol. The average Bonchev–Trinajstić information content (AvgIpc) is 2.36. The predicted molar refractivity (Wildman–Crippen MR) is 67.8 cm³/mol. The van der Waals surface area contributed by atoms with Crippen molar-refractivity contribution < 1.29 is 9.84 Å². The van der Waals surface area contributed by atoms with Crippen LogP contribution in [0.3, 0.4) is 0 Å². The molecular weight excluding hydrogens is 230 g/mol. The third kappa shape index (κ3) is 5.23. The zero-order chi connectivity index (χ0) is 13.4. The van der Waals surface area contributed by atoms with Gasteiger partial charge in [-0.1, -0.05) is 0 Å². The summed E-state index contributed by atoms with van der Waals surface area (Å²) in [6.45, 7) is 3.37.